The molecular formula is C14H13BrSe. The first kappa shape index (κ1) is 11.9. The molecule has 0 radical (unpaired) electrons. The van der Waals surface area contributed by atoms with Crippen LogP contribution in [-0.2, 0) is 0 Å². The number of rotatable bonds is 3. The zero-order chi connectivity index (χ0) is 11.4. The summed E-state index contributed by atoms with van der Waals surface area (Å²) in [4.78, 5) is 0.628. The van der Waals surface area contributed by atoms with Gasteiger partial charge in [-0.05, 0) is 0 Å². The molecule has 0 saturated carbocycles. The molecule has 0 aliphatic carbocycles. The van der Waals surface area contributed by atoms with Gasteiger partial charge in [0.05, 0.1) is 0 Å². The molecule has 1 atom stereocenters. The molecule has 2 rings (SSSR count). The summed E-state index contributed by atoms with van der Waals surface area (Å²) in [5.74, 6) is 0. The second kappa shape index (κ2) is 5.67. The molecule has 0 saturated heterocycles. The van der Waals surface area contributed by atoms with E-state index in [1.165, 1.54) is 10.0 Å². The fourth-order valence-corrected chi connectivity index (χ4v) is 3.90. The molecule has 0 aliphatic rings. The van der Waals surface area contributed by atoms with Crippen molar-refractivity contribution in [1.82, 2.24) is 0 Å². The summed E-state index contributed by atoms with van der Waals surface area (Å²) < 4.78 is 2.61. The molecule has 16 heavy (non-hydrogen) atoms. The van der Waals surface area contributed by atoms with Crippen LogP contribution in [0.25, 0.3) is 0 Å². The Labute approximate surface area is 111 Å². The van der Waals surface area contributed by atoms with Crippen molar-refractivity contribution in [2.75, 3.05) is 0 Å². The van der Waals surface area contributed by atoms with E-state index in [1.54, 1.807) is 0 Å². The molecule has 2 heteroatoms. The Kier molecular flexibility index (Phi) is 4.22. The zero-order valence-electron chi connectivity index (χ0n) is 9.06. The van der Waals surface area contributed by atoms with Crippen LogP contribution >= 0.6 is 15.9 Å². The second-order valence-electron chi connectivity index (χ2n) is 3.62. The third-order valence-electron chi connectivity index (χ3n) is 2.40. The van der Waals surface area contributed by atoms with Crippen LogP contribution in [0.1, 0.15) is 17.3 Å². The average Bonchev–Trinajstić information content (AvgIpc) is 2.31. The Morgan fingerprint density at radius 3 is 2.19 bits per heavy atom. The minimum absolute atomic E-state index is 0.509. The molecule has 0 aliphatic heterocycles. The third kappa shape index (κ3) is 3.21. The molecule has 0 spiro atoms. The van der Waals surface area contributed by atoms with Crippen LogP contribution in [0.3, 0.4) is 0 Å². The zero-order valence-corrected chi connectivity index (χ0v) is 12.4. The van der Waals surface area contributed by atoms with Crippen LogP contribution in [0, 0.1) is 0 Å². The SMILES string of the molecule is C[C@@H]([Se]c1ccccc1)c1ccc(Br)cc1. The summed E-state index contributed by atoms with van der Waals surface area (Å²) in [6, 6.07) is 19.4. The number of hydrogen-bond donors (Lipinski definition) is 0. The number of halogens is 1. The molecule has 0 fully saturated rings. The van der Waals surface area contributed by atoms with Crippen molar-refractivity contribution in [1.29, 1.82) is 0 Å². The van der Waals surface area contributed by atoms with Gasteiger partial charge in [0, 0.05) is 0 Å². The van der Waals surface area contributed by atoms with Crippen LogP contribution in [0.2, 0.25) is 0 Å². The molecular weight excluding hydrogens is 327 g/mol. The van der Waals surface area contributed by atoms with Gasteiger partial charge in [-0.15, -0.1) is 0 Å². The molecule has 0 nitrogen and oxygen atoms in total. The molecule has 0 unspecified atom stereocenters. The van der Waals surface area contributed by atoms with Crippen LogP contribution in [0.15, 0.2) is 59.1 Å². The van der Waals surface area contributed by atoms with Crippen LogP contribution in [0.5, 0.6) is 0 Å². The molecule has 2 aromatic carbocycles. The van der Waals surface area contributed by atoms with E-state index in [4.69, 9.17) is 0 Å². The Bertz CT molecular complexity index is 436. The fraction of sp³-hybridized carbons (Fsp3) is 0.143. The van der Waals surface area contributed by atoms with Gasteiger partial charge in [0.2, 0.25) is 0 Å². The first-order chi connectivity index (χ1) is 7.75. The van der Waals surface area contributed by atoms with E-state index in [2.05, 4.69) is 77.5 Å². The van der Waals surface area contributed by atoms with E-state index in [-0.39, 0.29) is 0 Å². The van der Waals surface area contributed by atoms with Crippen molar-refractivity contribution in [3.05, 3.63) is 64.6 Å². The van der Waals surface area contributed by atoms with Gasteiger partial charge < -0.3 is 0 Å². The van der Waals surface area contributed by atoms with Crippen molar-refractivity contribution in [3.63, 3.8) is 0 Å². The predicted octanol–water partition coefficient (Wildman–Crippen LogP) is 3.54. The van der Waals surface area contributed by atoms with Gasteiger partial charge in [0.1, 0.15) is 0 Å². The Hall–Kier alpha value is -0.561. The van der Waals surface area contributed by atoms with Gasteiger partial charge in [-0.2, -0.15) is 0 Å². The molecule has 0 bridgehead atoms. The summed E-state index contributed by atoms with van der Waals surface area (Å²) in [6.07, 6.45) is 0. The first-order valence-electron chi connectivity index (χ1n) is 5.23. The van der Waals surface area contributed by atoms with E-state index in [0.29, 0.717) is 19.8 Å². The maximum atomic E-state index is 3.47. The monoisotopic (exact) mass is 340 g/mol. The summed E-state index contributed by atoms with van der Waals surface area (Å²) in [5.41, 5.74) is 1.42. The van der Waals surface area contributed by atoms with E-state index in [1.807, 2.05) is 0 Å². The summed E-state index contributed by atoms with van der Waals surface area (Å²) in [5, 5.41) is 0. The van der Waals surface area contributed by atoms with Crippen molar-refractivity contribution < 1.29 is 0 Å². The van der Waals surface area contributed by atoms with Gasteiger partial charge in [0.15, 0.2) is 0 Å². The van der Waals surface area contributed by atoms with Crippen molar-refractivity contribution >= 4 is 35.3 Å². The van der Waals surface area contributed by atoms with E-state index in [0.717, 1.165) is 4.47 Å². The van der Waals surface area contributed by atoms with Gasteiger partial charge in [-0.1, -0.05) is 0 Å². The fourth-order valence-electron chi connectivity index (χ4n) is 1.51. The molecule has 0 amide bonds. The third-order valence-corrected chi connectivity index (χ3v) is 5.38. The Morgan fingerprint density at radius 2 is 1.56 bits per heavy atom. The standard InChI is InChI=1S/C14H13BrSe/c1-11(12-7-9-13(15)10-8-12)16-14-5-3-2-4-6-14/h2-11H,1H3/t11-/m1/s1. The predicted molar refractivity (Wildman–Crippen MR) is 74.4 cm³/mol. The van der Waals surface area contributed by atoms with E-state index >= 15 is 0 Å². The quantitative estimate of drug-likeness (QED) is 0.750. The van der Waals surface area contributed by atoms with Crippen LogP contribution in [-0.4, -0.2) is 15.0 Å². The van der Waals surface area contributed by atoms with Gasteiger partial charge in [-0.25, -0.2) is 0 Å². The molecule has 0 N–H and O–H groups in total. The number of hydrogen-bond acceptors (Lipinski definition) is 0. The molecule has 2 aromatic rings. The Balaban J connectivity index is 2.09. The van der Waals surface area contributed by atoms with Gasteiger partial charge in [0.25, 0.3) is 0 Å². The topological polar surface area (TPSA) is 0 Å². The molecule has 0 heterocycles. The summed E-state index contributed by atoms with van der Waals surface area (Å²) in [6.45, 7) is 2.30. The Morgan fingerprint density at radius 1 is 0.938 bits per heavy atom. The number of benzene rings is 2. The summed E-state index contributed by atoms with van der Waals surface area (Å²) >= 11 is 3.98. The average molecular weight is 340 g/mol. The molecule has 0 aromatic heterocycles. The molecule has 82 valence electrons. The van der Waals surface area contributed by atoms with Crippen LogP contribution < -0.4 is 4.46 Å². The van der Waals surface area contributed by atoms with E-state index in [9.17, 15) is 0 Å². The van der Waals surface area contributed by atoms with Crippen LogP contribution in [0.4, 0.5) is 0 Å². The van der Waals surface area contributed by atoms with Crippen molar-refractivity contribution in [2.45, 2.75) is 11.7 Å². The normalized spacial score (nSPS) is 12.4. The minimum atomic E-state index is 0.509. The van der Waals surface area contributed by atoms with Gasteiger partial charge in [-0.3, -0.25) is 0 Å². The maximum absolute atomic E-state index is 3.47. The van der Waals surface area contributed by atoms with Gasteiger partial charge >= 0.3 is 112 Å². The van der Waals surface area contributed by atoms with E-state index < -0.39 is 0 Å². The van der Waals surface area contributed by atoms with Crippen molar-refractivity contribution in [3.8, 4) is 0 Å². The first-order valence-corrected chi connectivity index (χ1v) is 7.87. The van der Waals surface area contributed by atoms with Crippen molar-refractivity contribution in [2.24, 2.45) is 0 Å². The summed E-state index contributed by atoms with van der Waals surface area (Å²) in [7, 11) is 0. The second-order valence-corrected chi connectivity index (χ2v) is 7.51.